The molecule has 178 valence electrons. The van der Waals surface area contributed by atoms with Crippen molar-refractivity contribution in [2.75, 3.05) is 38.3 Å². The van der Waals surface area contributed by atoms with Crippen LogP contribution in [0.2, 0.25) is 0 Å². The second kappa shape index (κ2) is 10.5. The summed E-state index contributed by atoms with van der Waals surface area (Å²) in [6, 6.07) is 26.3. The molecule has 0 spiro atoms. The summed E-state index contributed by atoms with van der Waals surface area (Å²) in [5, 5.41) is 0. The van der Waals surface area contributed by atoms with Gasteiger partial charge in [-0.15, -0.1) is 0 Å². The zero-order chi connectivity index (χ0) is 23.3. The molecule has 0 aliphatic carbocycles. The van der Waals surface area contributed by atoms with E-state index in [0.29, 0.717) is 5.92 Å². The summed E-state index contributed by atoms with van der Waals surface area (Å²) < 4.78 is 11.6. The van der Waals surface area contributed by atoms with Crippen LogP contribution in [0.5, 0.6) is 11.5 Å². The van der Waals surface area contributed by atoms with Gasteiger partial charge in [0.2, 0.25) is 0 Å². The molecule has 1 fully saturated rings. The van der Waals surface area contributed by atoms with Crippen molar-refractivity contribution in [3.8, 4) is 11.5 Å². The molecule has 4 nitrogen and oxygen atoms in total. The van der Waals surface area contributed by atoms with Crippen molar-refractivity contribution in [3.63, 3.8) is 0 Å². The first-order valence-corrected chi connectivity index (χ1v) is 12.7. The third-order valence-corrected chi connectivity index (χ3v) is 7.38. The van der Waals surface area contributed by atoms with E-state index < -0.39 is 0 Å². The van der Waals surface area contributed by atoms with Gasteiger partial charge in [0.25, 0.3) is 0 Å². The molecule has 2 aliphatic rings. The normalized spacial score (nSPS) is 20.2. The van der Waals surface area contributed by atoms with Gasteiger partial charge in [0.05, 0.1) is 13.2 Å². The molecule has 4 heteroatoms. The summed E-state index contributed by atoms with van der Waals surface area (Å²) in [6.07, 6.45) is 4.02. The average Bonchev–Trinajstić information content (AvgIpc) is 3.17. The van der Waals surface area contributed by atoms with Gasteiger partial charge in [0.15, 0.2) is 0 Å². The fourth-order valence-electron chi connectivity index (χ4n) is 5.56. The zero-order valence-electron chi connectivity index (χ0n) is 20.5. The van der Waals surface area contributed by atoms with Crippen LogP contribution < -0.4 is 14.4 Å². The van der Waals surface area contributed by atoms with E-state index in [1.807, 2.05) is 6.07 Å². The second-order valence-corrected chi connectivity index (χ2v) is 9.59. The Kier molecular flexibility index (Phi) is 7.05. The van der Waals surface area contributed by atoms with Crippen LogP contribution >= 0.6 is 0 Å². The topological polar surface area (TPSA) is 24.9 Å². The van der Waals surface area contributed by atoms with E-state index in [1.165, 1.54) is 54.7 Å². The molecule has 1 saturated heterocycles. The first kappa shape index (κ1) is 22.8. The van der Waals surface area contributed by atoms with Crippen molar-refractivity contribution >= 4 is 5.69 Å². The third-order valence-electron chi connectivity index (χ3n) is 7.38. The molecule has 2 heterocycles. The summed E-state index contributed by atoms with van der Waals surface area (Å²) >= 11 is 0. The molecule has 0 radical (unpaired) electrons. The van der Waals surface area contributed by atoms with E-state index >= 15 is 0 Å². The summed E-state index contributed by atoms with van der Waals surface area (Å²) in [6.45, 7) is 7.40. The van der Waals surface area contributed by atoms with Crippen molar-refractivity contribution in [1.29, 1.82) is 0 Å². The zero-order valence-corrected chi connectivity index (χ0v) is 20.5. The third kappa shape index (κ3) is 4.92. The molecule has 0 amide bonds. The lowest BCUT2D eigenvalue weighted by atomic mass is 9.91. The molecular formula is C30H36N2O2. The quantitative estimate of drug-likeness (QED) is 0.390. The van der Waals surface area contributed by atoms with E-state index in [2.05, 4.69) is 83.5 Å². The van der Waals surface area contributed by atoms with Crippen molar-refractivity contribution < 1.29 is 9.47 Å². The van der Waals surface area contributed by atoms with E-state index in [1.54, 1.807) is 7.11 Å². The highest BCUT2D eigenvalue weighted by Gasteiger charge is 2.36. The predicted molar refractivity (Wildman–Crippen MR) is 139 cm³/mol. The Balaban J connectivity index is 1.30. The van der Waals surface area contributed by atoms with Crippen molar-refractivity contribution in [2.45, 2.75) is 44.7 Å². The Hall–Kier alpha value is -2.98. The van der Waals surface area contributed by atoms with E-state index in [9.17, 15) is 0 Å². The van der Waals surface area contributed by atoms with Gasteiger partial charge in [-0.25, -0.2) is 0 Å². The lowest BCUT2D eigenvalue weighted by molar-refractivity contribution is 0.183. The minimum absolute atomic E-state index is 0.271. The molecule has 0 bridgehead atoms. The smallest absolute Gasteiger partial charge is 0.119 e. The van der Waals surface area contributed by atoms with E-state index in [0.717, 1.165) is 31.2 Å². The number of likely N-dealkylation sites (tertiary alicyclic amines) is 1. The molecule has 3 aromatic rings. The summed E-state index contributed by atoms with van der Waals surface area (Å²) in [5.74, 6) is 2.27. The minimum atomic E-state index is 0.271. The maximum Gasteiger partial charge on any atom is 0.119 e. The maximum absolute atomic E-state index is 6.05. The van der Waals surface area contributed by atoms with Gasteiger partial charge in [-0.3, -0.25) is 4.90 Å². The Morgan fingerprint density at radius 2 is 1.65 bits per heavy atom. The van der Waals surface area contributed by atoms with Crippen LogP contribution in [-0.4, -0.2) is 38.3 Å². The second-order valence-electron chi connectivity index (χ2n) is 9.59. The van der Waals surface area contributed by atoms with E-state index in [4.69, 9.17) is 9.47 Å². The van der Waals surface area contributed by atoms with Gasteiger partial charge in [-0.05, 0) is 73.0 Å². The van der Waals surface area contributed by atoms with Crippen LogP contribution in [0.25, 0.3) is 0 Å². The lowest BCUT2D eigenvalue weighted by Gasteiger charge is -2.30. The number of anilines is 1. The largest absolute Gasteiger partial charge is 0.497 e. The van der Waals surface area contributed by atoms with Crippen molar-refractivity contribution in [3.05, 3.63) is 89.5 Å². The number of hydrogen-bond acceptors (Lipinski definition) is 4. The van der Waals surface area contributed by atoms with Gasteiger partial charge in [-0.1, -0.05) is 55.8 Å². The Morgan fingerprint density at radius 3 is 2.44 bits per heavy atom. The predicted octanol–water partition coefficient (Wildman–Crippen LogP) is 6.42. The van der Waals surface area contributed by atoms with Crippen LogP contribution in [0.4, 0.5) is 5.69 Å². The molecule has 3 aromatic carbocycles. The summed E-state index contributed by atoms with van der Waals surface area (Å²) in [4.78, 5) is 5.06. The number of methoxy groups -OCH3 is 1. The number of rotatable bonds is 8. The number of benzene rings is 3. The average molecular weight is 457 g/mol. The van der Waals surface area contributed by atoms with Crippen molar-refractivity contribution in [1.82, 2.24) is 4.90 Å². The Labute approximate surface area is 204 Å². The molecule has 2 aliphatic heterocycles. The van der Waals surface area contributed by atoms with Crippen LogP contribution in [0.3, 0.4) is 0 Å². The highest BCUT2D eigenvalue weighted by Crippen LogP contribution is 2.49. The monoisotopic (exact) mass is 456 g/mol. The molecule has 0 aromatic heterocycles. The van der Waals surface area contributed by atoms with Gasteiger partial charge < -0.3 is 14.4 Å². The van der Waals surface area contributed by atoms with Gasteiger partial charge in [0, 0.05) is 24.7 Å². The first-order chi connectivity index (χ1) is 16.7. The summed E-state index contributed by atoms with van der Waals surface area (Å²) in [5.41, 5.74) is 5.32. The van der Waals surface area contributed by atoms with Gasteiger partial charge >= 0.3 is 0 Å². The number of fused-ring (bicyclic) bond motifs is 1. The number of hydrogen-bond donors (Lipinski definition) is 0. The standard InChI is InChI=1S/C30H36N2O2/c1-23-28-11-4-5-12-29(28)32(30(23)25-9-8-10-27(21-25)33-2)22-24-13-15-26(16-14-24)34-20-19-31-17-6-3-7-18-31/h4-5,8-16,21,23,30H,3,6-7,17-20,22H2,1-2H3. The minimum Gasteiger partial charge on any atom is -0.497 e. The van der Waals surface area contributed by atoms with Crippen LogP contribution in [0, 0.1) is 0 Å². The van der Waals surface area contributed by atoms with E-state index in [-0.39, 0.29) is 6.04 Å². The maximum atomic E-state index is 6.05. The first-order valence-electron chi connectivity index (χ1n) is 12.7. The van der Waals surface area contributed by atoms with Crippen molar-refractivity contribution in [2.24, 2.45) is 0 Å². The summed E-state index contributed by atoms with van der Waals surface area (Å²) in [7, 11) is 1.74. The Morgan fingerprint density at radius 1 is 0.853 bits per heavy atom. The fourth-order valence-corrected chi connectivity index (χ4v) is 5.56. The number of nitrogens with zero attached hydrogens (tertiary/aromatic N) is 2. The highest BCUT2D eigenvalue weighted by molar-refractivity contribution is 5.63. The van der Waals surface area contributed by atoms with Crippen LogP contribution in [0.15, 0.2) is 72.8 Å². The number of ether oxygens (including phenoxy) is 2. The molecule has 34 heavy (non-hydrogen) atoms. The highest BCUT2D eigenvalue weighted by atomic mass is 16.5. The molecule has 2 unspecified atom stereocenters. The number of piperidine rings is 1. The fraction of sp³-hybridized carbons (Fsp3) is 0.400. The van der Waals surface area contributed by atoms with Crippen LogP contribution in [0.1, 0.15) is 54.8 Å². The molecule has 0 saturated carbocycles. The number of para-hydroxylation sites is 1. The SMILES string of the molecule is COc1cccc(C2C(C)c3ccccc3N2Cc2ccc(OCCN3CCCCC3)cc2)c1. The molecule has 2 atom stereocenters. The molecule has 0 N–H and O–H groups in total. The van der Waals surface area contributed by atoms with Gasteiger partial charge in [-0.2, -0.15) is 0 Å². The Bertz CT molecular complexity index is 1080. The van der Waals surface area contributed by atoms with Gasteiger partial charge in [0.1, 0.15) is 18.1 Å². The molecular weight excluding hydrogens is 420 g/mol. The lowest BCUT2D eigenvalue weighted by Crippen LogP contribution is -2.33. The van der Waals surface area contributed by atoms with Crippen LogP contribution in [-0.2, 0) is 6.54 Å². The molecule has 5 rings (SSSR count).